The monoisotopic (exact) mass is 443 g/mol. The van der Waals surface area contributed by atoms with Crippen LogP contribution in [-0.4, -0.2) is 19.7 Å². The van der Waals surface area contributed by atoms with Crippen LogP contribution in [0.25, 0.3) is 11.7 Å². The highest BCUT2D eigenvalue weighted by molar-refractivity contribution is 6.32. The van der Waals surface area contributed by atoms with Crippen molar-refractivity contribution in [1.29, 1.82) is 5.26 Å². The first-order valence-electron chi connectivity index (χ1n) is 8.60. The van der Waals surface area contributed by atoms with Crippen molar-refractivity contribution in [3.8, 4) is 29.3 Å². The minimum absolute atomic E-state index is 0.0236. The van der Waals surface area contributed by atoms with Crippen molar-refractivity contribution in [3.05, 3.63) is 75.6 Å². The van der Waals surface area contributed by atoms with Crippen molar-refractivity contribution < 1.29 is 13.5 Å². The van der Waals surface area contributed by atoms with Crippen LogP contribution >= 0.6 is 23.2 Å². The molecule has 0 saturated carbocycles. The predicted molar refractivity (Wildman–Crippen MR) is 107 cm³/mol. The van der Waals surface area contributed by atoms with Gasteiger partial charge in [0.2, 0.25) is 5.89 Å². The Balaban J connectivity index is 1.62. The number of hydrogen-bond donors (Lipinski definition) is 0. The van der Waals surface area contributed by atoms with E-state index in [0.29, 0.717) is 5.82 Å². The van der Waals surface area contributed by atoms with Crippen LogP contribution < -0.4 is 4.74 Å². The van der Waals surface area contributed by atoms with Crippen LogP contribution in [0.5, 0.6) is 11.5 Å². The summed E-state index contributed by atoms with van der Waals surface area (Å²) in [5.74, 6) is 0.248. The van der Waals surface area contributed by atoms with Gasteiger partial charge >= 0.3 is 0 Å². The number of rotatable bonds is 5. The van der Waals surface area contributed by atoms with E-state index in [1.807, 2.05) is 6.07 Å². The summed E-state index contributed by atoms with van der Waals surface area (Å²) < 4.78 is 28.0. The lowest BCUT2D eigenvalue weighted by atomic mass is 10.1. The summed E-state index contributed by atoms with van der Waals surface area (Å²) in [6.45, 7) is 0. The van der Waals surface area contributed by atoms with Crippen LogP contribution in [0.1, 0.15) is 17.0 Å². The zero-order valence-corrected chi connectivity index (χ0v) is 16.9. The topological polar surface area (TPSA) is 89.8 Å². The van der Waals surface area contributed by atoms with E-state index < -0.39 is 5.82 Å². The number of ether oxygens (including phenoxy) is 1. The van der Waals surface area contributed by atoms with E-state index in [0.717, 1.165) is 0 Å². The number of aromatic nitrogens is 4. The first-order valence-corrected chi connectivity index (χ1v) is 9.35. The molecule has 0 N–H and O–H groups in total. The maximum Gasteiger partial charge on any atom is 0.283 e. The SMILES string of the molecule is Cn1ccnc1-c1nnc(Cc2ccc(Cl)c(Oc3cc(Cl)cc(C#N)c3)c2F)o1. The third-order valence-electron chi connectivity index (χ3n) is 4.17. The molecule has 30 heavy (non-hydrogen) atoms. The van der Waals surface area contributed by atoms with E-state index in [1.54, 1.807) is 24.0 Å². The molecule has 0 bridgehead atoms. The molecule has 0 aliphatic heterocycles. The molecule has 2 aromatic carbocycles. The molecule has 4 aromatic rings. The van der Waals surface area contributed by atoms with Gasteiger partial charge in [-0.05, 0) is 24.3 Å². The third kappa shape index (κ3) is 3.99. The molecule has 2 aromatic heterocycles. The highest BCUT2D eigenvalue weighted by Gasteiger charge is 2.19. The maximum atomic E-state index is 15.1. The lowest BCUT2D eigenvalue weighted by Crippen LogP contribution is -1.98. The van der Waals surface area contributed by atoms with Crippen LogP contribution in [0.3, 0.4) is 0 Å². The number of imidazole rings is 1. The molecular weight excluding hydrogens is 432 g/mol. The summed E-state index contributed by atoms with van der Waals surface area (Å²) in [5, 5.41) is 17.3. The van der Waals surface area contributed by atoms with Gasteiger partial charge in [-0.25, -0.2) is 9.37 Å². The van der Waals surface area contributed by atoms with Crippen molar-refractivity contribution in [2.75, 3.05) is 0 Å². The summed E-state index contributed by atoms with van der Waals surface area (Å²) in [6.07, 6.45) is 3.38. The Kier molecular flexibility index (Phi) is 5.40. The number of benzene rings is 2. The van der Waals surface area contributed by atoms with Gasteiger partial charge in [0.05, 0.1) is 23.1 Å². The lowest BCUT2D eigenvalue weighted by molar-refractivity contribution is 0.437. The molecule has 0 radical (unpaired) electrons. The van der Waals surface area contributed by atoms with Crippen molar-refractivity contribution >= 4 is 23.2 Å². The molecule has 0 aliphatic rings. The van der Waals surface area contributed by atoms with E-state index in [2.05, 4.69) is 15.2 Å². The number of nitriles is 1. The average Bonchev–Trinajstić information content (AvgIpc) is 3.35. The molecule has 0 atom stereocenters. The van der Waals surface area contributed by atoms with Crippen molar-refractivity contribution in [2.45, 2.75) is 6.42 Å². The van der Waals surface area contributed by atoms with Crippen LogP contribution in [-0.2, 0) is 13.5 Å². The summed E-state index contributed by atoms with van der Waals surface area (Å²) in [6, 6.07) is 9.33. The van der Waals surface area contributed by atoms with Crippen LogP contribution in [0.2, 0.25) is 10.0 Å². The predicted octanol–water partition coefficient (Wildman–Crippen LogP) is 5.17. The Hall–Kier alpha value is -3.41. The number of hydrogen-bond acceptors (Lipinski definition) is 6. The molecule has 0 amide bonds. The zero-order chi connectivity index (χ0) is 21.3. The standard InChI is InChI=1S/C20H12Cl2FN5O2/c1-28-5-4-25-19(28)20-27-26-16(30-20)8-12-2-3-15(22)18(17(12)23)29-14-7-11(10-24)6-13(21)9-14/h2-7,9H,8H2,1H3. The van der Waals surface area contributed by atoms with Gasteiger partial charge in [0.1, 0.15) is 5.75 Å². The second-order valence-corrected chi connectivity index (χ2v) is 7.12. The Morgan fingerprint density at radius 1 is 1.23 bits per heavy atom. The van der Waals surface area contributed by atoms with Crippen LogP contribution in [0.4, 0.5) is 4.39 Å². The fourth-order valence-corrected chi connectivity index (χ4v) is 3.17. The quantitative estimate of drug-likeness (QED) is 0.422. The van der Waals surface area contributed by atoms with Gasteiger partial charge < -0.3 is 13.7 Å². The summed E-state index contributed by atoms with van der Waals surface area (Å²) >= 11 is 12.1. The smallest absolute Gasteiger partial charge is 0.283 e. The summed E-state index contributed by atoms with van der Waals surface area (Å²) in [7, 11) is 1.79. The second kappa shape index (κ2) is 8.14. The Morgan fingerprint density at radius 2 is 2.07 bits per heavy atom. The molecule has 0 aliphatic carbocycles. The minimum atomic E-state index is -0.683. The van der Waals surface area contributed by atoms with Gasteiger partial charge in [-0.15, -0.1) is 10.2 Å². The number of halogens is 3. The molecule has 7 nitrogen and oxygen atoms in total. The highest BCUT2D eigenvalue weighted by atomic mass is 35.5. The Labute approximate surface area is 180 Å². The van der Waals surface area contributed by atoms with E-state index >= 15 is 4.39 Å². The normalized spacial score (nSPS) is 10.8. The highest BCUT2D eigenvalue weighted by Crippen LogP contribution is 2.36. The first kappa shape index (κ1) is 19.9. The fourth-order valence-electron chi connectivity index (χ4n) is 2.76. The van der Waals surface area contributed by atoms with Crippen LogP contribution in [0, 0.1) is 17.1 Å². The lowest BCUT2D eigenvalue weighted by Gasteiger charge is -2.11. The molecule has 2 heterocycles. The molecule has 0 unspecified atom stereocenters. The van der Waals surface area contributed by atoms with Crippen LogP contribution in [0.15, 0.2) is 47.1 Å². The van der Waals surface area contributed by atoms with E-state index in [-0.39, 0.29) is 50.9 Å². The molecular formula is C20H12Cl2FN5O2. The van der Waals surface area contributed by atoms with Crippen molar-refractivity contribution in [2.24, 2.45) is 7.05 Å². The molecule has 0 saturated heterocycles. The average molecular weight is 444 g/mol. The molecule has 10 heteroatoms. The zero-order valence-electron chi connectivity index (χ0n) is 15.4. The summed E-state index contributed by atoms with van der Waals surface area (Å²) in [5.41, 5.74) is 0.518. The molecule has 4 rings (SSSR count). The van der Waals surface area contributed by atoms with Gasteiger partial charge in [-0.1, -0.05) is 29.3 Å². The van der Waals surface area contributed by atoms with E-state index in [9.17, 15) is 0 Å². The van der Waals surface area contributed by atoms with Gasteiger partial charge in [0.15, 0.2) is 17.4 Å². The first-order chi connectivity index (χ1) is 14.4. The number of aryl methyl sites for hydroxylation is 1. The largest absolute Gasteiger partial charge is 0.453 e. The summed E-state index contributed by atoms with van der Waals surface area (Å²) in [4.78, 5) is 4.14. The maximum absolute atomic E-state index is 15.1. The van der Waals surface area contributed by atoms with Gasteiger partial charge in [-0.3, -0.25) is 0 Å². The van der Waals surface area contributed by atoms with Gasteiger partial charge in [0, 0.05) is 30.0 Å². The van der Waals surface area contributed by atoms with E-state index in [4.69, 9.17) is 37.6 Å². The molecule has 150 valence electrons. The molecule has 0 fully saturated rings. The second-order valence-electron chi connectivity index (χ2n) is 6.28. The number of nitrogens with zero attached hydrogens (tertiary/aromatic N) is 5. The van der Waals surface area contributed by atoms with E-state index in [1.165, 1.54) is 30.3 Å². The van der Waals surface area contributed by atoms with Gasteiger partial charge in [-0.2, -0.15) is 5.26 Å². The molecule has 0 spiro atoms. The minimum Gasteiger partial charge on any atom is -0.453 e. The van der Waals surface area contributed by atoms with Gasteiger partial charge in [0.25, 0.3) is 5.89 Å². The fraction of sp³-hybridized carbons (Fsp3) is 0.100. The Bertz CT molecular complexity index is 1280. The van der Waals surface area contributed by atoms with Crippen molar-refractivity contribution in [3.63, 3.8) is 0 Å². The Morgan fingerprint density at radius 3 is 2.80 bits per heavy atom. The third-order valence-corrected chi connectivity index (χ3v) is 4.69. The van der Waals surface area contributed by atoms with Crippen molar-refractivity contribution in [1.82, 2.24) is 19.7 Å².